The Balaban J connectivity index is 2.35. The number of aliphatic hydroxyl groups excluding tert-OH is 1. The molecule has 28 heavy (non-hydrogen) atoms. The van der Waals surface area contributed by atoms with E-state index in [0.717, 1.165) is 11.1 Å². The third kappa shape index (κ3) is 6.36. The summed E-state index contributed by atoms with van der Waals surface area (Å²) in [5, 5.41) is 12.4. The Morgan fingerprint density at radius 1 is 1.04 bits per heavy atom. The molecule has 2 amide bonds. The van der Waals surface area contributed by atoms with Crippen molar-refractivity contribution in [1.82, 2.24) is 10.2 Å². The van der Waals surface area contributed by atoms with Crippen LogP contribution in [0, 0.1) is 5.92 Å². The molecule has 0 saturated carbocycles. The third-order valence-electron chi connectivity index (χ3n) is 4.40. The van der Waals surface area contributed by atoms with E-state index >= 15 is 0 Å². The van der Waals surface area contributed by atoms with Crippen LogP contribution >= 0.6 is 11.6 Å². The molecule has 1 unspecified atom stereocenters. The number of rotatable bonds is 9. The summed E-state index contributed by atoms with van der Waals surface area (Å²) in [5.41, 5.74) is 1.86. The summed E-state index contributed by atoms with van der Waals surface area (Å²) in [6.45, 7) is 3.94. The van der Waals surface area contributed by atoms with Gasteiger partial charge < -0.3 is 15.3 Å². The highest BCUT2D eigenvalue weighted by Gasteiger charge is 2.31. The summed E-state index contributed by atoms with van der Waals surface area (Å²) in [5.74, 6) is -0.632. The van der Waals surface area contributed by atoms with Gasteiger partial charge in [0.05, 0.1) is 6.61 Å². The molecule has 0 radical (unpaired) electrons. The average Bonchev–Trinajstić information content (AvgIpc) is 2.70. The zero-order chi connectivity index (χ0) is 20.5. The summed E-state index contributed by atoms with van der Waals surface area (Å²) in [6.07, 6.45) is 0.393. The number of nitrogens with zero attached hydrogens (tertiary/aromatic N) is 1. The van der Waals surface area contributed by atoms with Crippen LogP contribution in [0.15, 0.2) is 54.6 Å². The predicted octanol–water partition coefficient (Wildman–Crippen LogP) is 3.04. The Hall–Kier alpha value is -2.37. The van der Waals surface area contributed by atoms with Gasteiger partial charge >= 0.3 is 0 Å². The fourth-order valence-electron chi connectivity index (χ4n) is 2.94. The smallest absolute Gasteiger partial charge is 0.243 e. The second kappa shape index (κ2) is 10.8. The molecule has 2 aromatic rings. The maximum atomic E-state index is 13.0. The monoisotopic (exact) mass is 402 g/mol. The van der Waals surface area contributed by atoms with Crippen molar-refractivity contribution in [2.24, 2.45) is 5.92 Å². The Kier molecular flexibility index (Phi) is 8.48. The van der Waals surface area contributed by atoms with Crippen molar-refractivity contribution in [3.63, 3.8) is 0 Å². The van der Waals surface area contributed by atoms with E-state index in [1.54, 1.807) is 17.0 Å². The van der Waals surface area contributed by atoms with Crippen LogP contribution in [0.2, 0.25) is 5.02 Å². The largest absolute Gasteiger partial charge is 0.395 e. The van der Waals surface area contributed by atoms with Crippen LogP contribution in [0.4, 0.5) is 0 Å². The number of amides is 2. The lowest BCUT2D eigenvalue weighted by Crippen LogP contribution is -2.52. The van der Waals surface area contributed by atoms with Crippen LogP contribution in [-0.2, 0) is 22.6 Å². The van der Waals surface area contributed by atoms with Crippen molar-refractivity contribution in [3.05, 3.63) is 70.7 Å². The zero-order valence-corrected chi connectivity index (χ0v) is 17.0. The number of hydrogen-bond donors (Lipinski definition) is 2. The average molecular weight is 403 g/mol. The summed E-state index contributed by atoms with van der Waals surface area (Å²) >= 11 is 5.97. The Labute approximate surface area is 171 Å². The van der Waals surface area contributed by atoms with E-state index < -0.39 is 6.04 Å². The van der Waals surface area contributed by atoms with E-state index in [0.29, 0.717) is 18.0 Å². The Morgan fingerprint density at radius 2 is 1.68 bits per heavy atom. The number of halogens is 1. The molecule has 2 aromatic carbocycles. The minimum Gasteiger partial charge on any atom is -0.395 e. The highest BCUT2D eigenvalue weighted by molar-refractivity contribution is 6.30. The van der Waals surface area contributed by atoms with Gasteiger partial charge in [-0.15, -0.1) is 0 Å². The molecule has 0 fully saturated rings. The summed E-state index contributed by atoms with van der Waals surface area (Å²) in [7, 11) is 0. The van der Waals surface area contributed by atoms with E-state index in [2.05, 4.69) is 5.32 Å². The van der Waals surface area contributed by atoms with Gasteiger partial charge in [0, 0.05) is 30.5 Å². The van der Waals surface area contributed by atoms with E-state index in [1.807, 2.05) is 56.3 Å². The summed E-state index contributed by atoms with van der Waals surface area (Å²) < 4.78 is 0. The number of carbonyl (C=O) groups is 2. The van der Waals surface area contributed by atoms with E-state index in [4.69, 9.17) is 16.7 Å². The molecule has 6 heteroatoms. The molecule has 0 spiro atoms. The minimum absolute atomic E-state index is 0.102. The van der Waals surface area contributed by atoms with Gasteiger partial charge in [-0.2, -0.15) is 0 Å². The molecule has 5 nitrogen and oxygen atoms in total. The fraction of sp³-hybridized carbons (Fsp3) is 0.364. The standard InChI is InChI=1S/C22H27ClN2O3/c1-16(2)22(28)25(15-18-8-10-19(23)11-9-18)20(21(27)24-12-13-26)14-17-6-4-3-5-7-17/h3-11,16,20,26H,12-15H2,1-2H3,(H,24,27). The minimum atomic E-state index is -0.681. The van der Waals surface area contributed by atoms with Crippen LogP contribution in [-0.4, -0.2) is 41.0 Å². The number of nitrogens with one attached hydrogen (secondary N) is 1. The molecule has 0 saturated heterocycles. The van der Waals surface area contributed by atoms with Gasteiger partial charge in [-0.1, -0.05) is 67.9 Å². The lowest BCUT2D eigenvalue weighted by Gasteiger charge is -2.32. The molecule has 0 aliphatic heterocycles. The van der Waals surface area contributed by atoms with Gasteiger partial charge in [-0.3, -0.25) is 9.59 Å². The van der Waals surface area contributed by atoms with Gasteiger partial charge in [0.15, 0.2) is 0 Å². The molecule has 2 N–H and O–H groups in total. The van der Waals surface area contributed by atoms with Crippen LogP contribution in [0.3, 0.4) is 0 Å². The van der Waals surface area contributed by atoms with Crippen LogP contribution in [0.1, 0.15) is 25.0 Å². The molecule has 0 bridgehead atoms. The molecule has 0 heterocycles. The topological polar surface area (TPSA) is 69.6 Å². The van der Waals surface area contributed by atoms with E-state index in [9.17, 15) is 9.59 Å². The molecule has 2 rings (SSSR count). The van der Waals surface area contributed by atoms with Crippen LogP contribution < -0.4 is 5.32 Å². The number of carbonyl (C=O) groups excluding carboxylic acids is 2. The number of benzene rings is 2. The lowest BCUT2D eigenvalue weighted by molar-refractivity contribution is -0.143. The predicted molar refractivity (Wildman–Crippen MR) is 111 cm³/mol. The highest BCUT2D eigenvalue weighted by atomic mass is 35.5. The second-order valence-electron chi connectivity index (χ2n) is 6.97. The first-order valence-electron chi connectivity index (χ1n) is 9.39. The zero-order valence-electron chi connectivity index (χ0n) is 16.3. The van der Waals surface area contributed by atoms with Gasteiger partial charge in [0.2, 0.25) is 11.8 Å². The SMILES string of the molecule is CC(C)C(=O)N(Cc1ccc(Cl)cc1)C(Cc1ccccc1)C(=O)NCCO. The molecule has 150 valence electrons. The lowest BCUT2D eigenvalue weighted by atomic mass is 10.0. The normalized spacial score (nSPS) is 11.9. The van der Waals surface area contributed by atoms with Gasteiger partial charge in [0.25, 0.3) is 0 Å². The summed E-state index contributed by atoms with van der Waals surface area (Å²) in [4.78, 5) is 27.5. The Morgan fingerprint density at radius 3 is 2.25 bits per heavy atom. The Bertz CT molecular complexity index is 763. The number of hydrogen-bond acceptors (Lipinski definition) is 3. The van der Waals surface area contributed by atoms with E-state index in [-0.39, 0.29) is 30.9 Å². The van der Waals surface area contributed by atoms with Gasteiger partial charge in [0.1, 0.15) is 6.04 Å². The molecule has 1 atom stereocenters. The quantitative estimate of drug-likeness (QED) is 0.677. The van der Waals surface area contributed by atoms with Crippen molar-refractivity contribution in [1.29, 1.82) is 0 Å². The first-order chi connectivity index (χ1) is 13.4. The molecule has 0 aliphatic carbocycles. The van der Waals surface area contributed by atoms with Crippen LogP contribution in [0.25, 0.3) is 0 Å². The molecule has 0 aliphatic rings. The maximum Gasteiger partial charge on any atom is 0.243 e. The highest BCUT2D eigenvalue weighted by Crippen LogP contribution is 2.18. The maximum absolute atomic E-state index is 13.0. The molecule has 0 aromatic heterocycles. The van der Waals surface area contributed by atoms with Gasteiger partial charge in [-0.05, 0) is 23.3 Å². The van der Waals surface area contributed by atoms with Crippen molar-refractivity contribution in [2.45, 2.75) is 32.9 Å². The third-order valence-corrected chi connectivity index (χ3v) is 4.66. The van der Waals surface area contributed by atoms with Crippen molar-refractivity contribution in [2.75, 3.05) is 13.2 Å². The van der Waals surface area contributed by atoms with Crippen molar-refractivity contribution < 1.29 is 14.7 Å². The second-order valence-corrected chi connectivity index (χ2v) is 7.40. The van der Waals surface area contributed by atoms with Gasteiger partial charge in [-0.25, -0.2) is 0 Å². The van der Waals surface area contributed by atoms with Crippen molar-refractivity contribution in [3.8, 4) is 0 Å². The first kappa shape index (κ1) is 21.9. The van der Waals surface area contributed by atoms with E-state index in [1.165, 1.54) is 0 Å². The van der Waals surface area contributed by atoms with Crippen molar-refractivity contribution >= 4 is 23.4 Å². The number of aliphatic hydroxyl groups is 1. The molecular formula is C22H27ClN2O3. The summed E-state index contributed by atoms with van der Waals surface area (Å²) in [6, 6.07) is 16.2. The fourth-order valence-corrected chi connectivity index (χ4v) is 3.06. The molecular weight excluding hydrogens is 376 g/mol. The van der Waals surface area contributed by atoms with Crippen LogP contribution in [0.5, 0.6) is 0 Å². The first-order valence-corrected chi connectivity index (χ1v) is 9.77.